The molecule has 1 unspecified atom stereocenters. The summed E-state index contributed by atoms with van der Waals surface area (Å²) >= 11 is 1.45. The summed E-state index contributed by atoms with van der Waals surface area (Å²) < 4.78 is 2.23. The number of piperidine rings is 1. The van der Waals surface area contributed by atoms with Gasteiger partial charge in [0.25, 0.3) is 5.91 Å². The van der Waals surface area contributed by atoms with Crippen LogP contribution in [0.5, 0.6) is 0 Å². The van der Waals surface area contributed by atoms with Crippen molar-refractivity contribution in [1.29, 1.82) is 0 Å². The molecule has 3 aromatic rings. The second-order valence-corrected chi connectivity index (χ2v) is 8.29. The monoisotopic (exact) mass is 395 g/mol. The lowest BCUT2D eigenvalue weighted by atomic mass is 9.96. The van der Waals surface area contributed by atoms with Gasteiger partial charge in [0.2, 0.25) is 5.91 Å². The molecule has 3 heterocycles. The van der Waals surface area contributed by atoms with Crippen molar-refractivity contribution < 1.29 is 9.59 Å². The molecule has 0 bridgehead atoms. The molecule has 1 N–H and O–H groups in total. The number of thiophene rings is 1. The van der Waals surface area contributed by atoms with Crippen molar-refractivity contribution in [3.8, 4) is 0 Å². The van der Waals surface area contributed by atoms with Crippen LogP contribution in [-0.2, 0) is 11.3 Å². The predicted octanol–water partition coefficient (Wildman–Crippen LogP) is 4.60. The van der Waals surface area contributed by atoms with E-state index < -0.39 is 0 Å². The number of hydrogen-bond donors (Lipinski definition) is 1. The van der Waals surface area contributed by atoms with Gasteiger partial charge in [0.1, 0.15) is 0 Å². The van der Waals surface area contributed by atoms with E-state index in [-0.39, 0.29) is 17.7 Å². The molecule has 0 radical (unpaired) electrons. The van der Waals surface area contributed by atoms with E-state index in [4.69, 9.17) is 0 Å². The molecule has 1 saturated heterocycles. The highest BCUT2D eigenvalue weighted by molar-refractivity contribution is 7.12. The normalized spacial score (nSPS) is 17.0. The molecule has 1 aliphatic rings. The molecule has 1 aromatic carbocycles. The van der Waals surface area contributed by atoms with Crippen LogP contribution in [0.4, 0.5) is 5.69 Å². The third-order valence-corrected chi connectivity index (χ3v) is 6.17. The van der Waals surface area contributed by atoms with Gasteiger partial charge in [-0.25, -0.2) is 0 Å². The number of anilines is 1. The fourth-order valence-electron chi connectivity index (χ4n) is 3.89. The van der Waals surface area contributed by atoms with Crippen LogP contribution in [0.1, 0.15) is 35.9 Å². The van der Waals surface area contributed by atoms with Gasteiger partial charge in [-0.15, -0.1) is 11.3 Å². The summed E-state index contributed by atoms with van der Waals surface area (Å²) in [6.07, 6.45) is 4.85. The van der Waals surface area contributed by atoms with Gasteiger partial charge < -0.3 is 14.8 Å². The Morgan fingerprint density at radius 3 is 2.93 bits per heavy atom. The first-order valence-corrected chi connectivity index (χ1v) is 10.8. The second kappa shape index (κ2) is 8.19. The maximum Gasteiger partial charge on any atom is 0.263 e. The summed E-state index contributed by atoms with van der Waals surface area (Å²) in [5.41, 5.74) is 2.00. The number of aromatic nitrogens is 1. The highest BCUT2D eigenvalue weighted by atomic mass is 32.1. The van der Waals surface area contributed by atoms with Crippen LogP contribution in [-0.4, -0.2) is 34.4 Å². The summed E-state index contributed by atoms with van der Waals surface area (Å²) in [5.74, 6) is -0.139. The number of benzene rings is 1. The zero-order valence-electron chi connectivity index (χ0n) is 16.1. The lowest BCUT2D eigenvalue weighted by Gasteiger charge is -2.31. The summed E-state index contributed by atoms with van der Waals surface area (Å²) in [7, 11) is 0. The molecule has 6 heteroatoms. The van der Waals surface area contributed by atoms with E-state index in [0.29, 0.717) is 6.54 Å². The van der Waals surface area contributed by atoms with Crippen LogP contribution in [0, 0.1) is 5.92 Å². The lowest BCUT2D eigenvalue weighted by molar-refractivity contribution is -0.121. The smallest absolute Gasteiger partial charge is 0.263 e. The van der Waals surface area contributed by atoms with Crippen LogP contribution >= 0.6 is 11.3 Å². The number of fused-ring (bicyclic) bond motifs is 1. The summed E-state index contributed by atoms with van der Waals surface area (Å²) in [4.78, 5) is 28.0. The average molecular weight is 396 g/mol. The fourth-order valence-corrected chi connectivity index (χ4v) is 4.58. The van der Waals surface area contributed by atoms with Gasteiger partial charge in [0, 0.05) is 42.4 Å². The van der Waals surface area contributed by atoms with Crippen LogP contribution in [0.2, 0.25) is 0 Å². The van der Waals surface area contributed by atoms with Crippen LogP contribution in [0.15, 0.2) is 48.0 Å². The van der Waals surface area contributed by atoms with Gasteiger partial charge in [-0.2, -0.15) is 0 Å². The minimum atomic E-state index is -0.168. The third kappa shape index (κ3) is 3.83. The number of nitrogens with one attached hydrogen (secondary N) is 1. The molecular formula is C22H25N3O2S. The van der Waals surface area contributed by atoms with Gasteiger partial charge in [-0.05, 0) is 55.0 Å². The highest BCUT2D eigenvalue weighted by Crippen LogP contribution is 2.24. The van der Waals surface area contributed by atoms with Crippen LogP contribution < -0.4 is 5.32 Å². The molecule has 1 atom stereocenters. The van der Waals surface area contributed by atoms with Gasteiger partial charge >= 0.3 is 0 Å². The second-order valence-electron chi connectivity index (χ2n) is 7.34. The Morgan fingerprint density at radius 2 is 2.14 bits per heavy atom. The molecule has 0 aliphatic carbocycles. The van der Waals surface area contributed by atoms with Crippen molar-refractivity contribution in [2.45, 2.75) is 32.7 Å². The van der Waals surface area contributed by atoms with Crippen molar-refractivity contribution in [3.63, 3.8) is 0 Å². The third-order valence-electron chi connectivity index (χ3n) is 5.31. The van der Waals surface area contributed by atoms with Crippen molar-refractivity contribution >= 4 is 39.7 Å². The largest absolute Gasteiger partial charge is 0.347 e. The minimum Gasteiger partial charge on any atom is -0.347 e. The van der Waals surface area contributed by atoms with Gasteiger partial charge in [0.15, 0.2) is 0 Å². The first-order chi connectivity index (χ1) is 13.7. The van der Waals surface area contributed by atoms with Crippen molar-refractivity contribution in [2.24, 2.45) is 5.92 Å². The standard InChI is InChI=1S/C22H25N3O2S/c1-2-10-24-12-9-16-14-18(7-8-19(16)24)23-21(26)17-5-3-11-25(15-17)22(27)20-6-4-13-28-20/h4,6-9,12-14,17H,2-3,5,10-11,15H2,1H3,(H,23,26). The Balaban J connectivity index is 1.43. The summed E-state index contributed by atoms with van der Waals surface area (Å²) in [6.45, 7) is 4.36. The van der Waals surface area contributed by atoms with Gasteiger partial charge in [-0.3, -0.25) is 9.59 Å². The summed E-state index contributed by atoms with van der Waals surface area (Å²) in [6, 6.07) is 11.9. The van der Waals surface area contributed by atoms with Crippen LogP contribution in [0.25, 0.3) is 10.9 Å². The Morgan fingerprint density at radius 1 is 1.25 bits per heavy atom. The number of aryl methyl sites for hydroxylation is 1. The van der Waals surface area contributed by atoms with E-state index >= 15 is 0 Å². The molecule has 0 spiro atoms. The first-order valence-electron chi connectivity index (χ1n) is 9.88. The topological polar surface area (TPSA) is 54.3 Å². The van der Waals surface area contributed by atoms with Crippen molar-refractivity contribution in [2.75, 3.05) is 18.4 Å². The Labute approximate surface area is 169 Å². The molecule has 146 valence electrons. The molecular weight excluding hydrogens is 370 g/mol. The SMILES string of the molecule is CCCn1ccc2cc(NC(=O)C3CCCN(C(=O)c4cccs4)C3)ccc21. The van der Waals surface area contributed by atoms with Crippen molar-refractivity contribution in [1.82, 2.24) is 9.47 Å². The van der Waals surface area contributed by atoms with Crippen LogP contribution in [0.3, 0.4) is 0 Å². The predicted molar refractivity (Wildman–Crippen MR) is 114 cm³/mol. The quantitative estimate of drug-likeness (QED) is 0.686. The van der Waals surface area contributed by atoms with E-state index in [1.807, 2.05) is 34.5 Å². The molecule has 28 heavy (non-hydrogen) atoms. The number of rotatable bonds is 5. The number of hydrogen-bond acceptors (Lipinski definition) is 3. The van der Waals surface area contributed by atoms with E-state index in [9.17, 15) is 9.59 Å². The van der Waals surface area contributed by atoms with E-state index in [0.717, 1.165) is 48.3 Å². The minimum absolute atomic E-state index is 0.00368. The Kier molecular flexibility index (Phi) is 5.48. The number of carbonyl (C=O) groups is 2. The number of carbonyl (C=O) groups excluding carboxylic acids is 2. The van der Waals surface area contributed by atoms with E-state index in [1.54, 1.807) is 0 Å². The average Bonchev–Trinajstić information content (AvgIpc) is 3.38. The molecule has 5 nitrogen and oxygen atoms in total. The Hall–Kier alpha value is -2.60. The van der Waals surface area contributed by atoms with Gasteiger partial charge in [-0.1, -0.05) is 13.0 Å². The number of likely N-dealkylation sites (tertiary alicyclic amines) is 1. The lowest BCUT2D eigenvalue weighted by Crippen LogP contribution is -2.43. The zero-order valence-corrected chi connectivity index (χ0v) is 16.9. The fraction of sp³-hybridized carbons (Fsp3) is 0.364. The van der Waals surface area contributed by atoms with E-state index in [1.165, 1.54) is 16.9 Å². The summed E-state index contributed by atoms with van der Waals surface area (Å²) in [5, 5.41) is 6.09. The van der Waals surface area contributed by atoms with Crippen molar-refractivity contribution in [3.05, 3.63) is 52.9 Å². The molecule has 4 rings (SSSR count). The Bertz CT molecular complexity index is 977. The molecule has 1 aliphatic heterocycles. The number of amides is 2. The maximum atomic E-state index is 12.8. The highest BCUT2D eigenvalue weighted by Gasteiger charge is 2.29. The molecule has 2 amide bonds. The number of nitrogens with zero attached hydrogens (tertiary/aromatic N) is 2. The maximum absolute atomic E-state index is 12.8. The zero-order chi connectivity index (χ0) is 19.5. The molecule has 1 fully saturated rings. The van der Waals surface area contributed by atoms with Gasteiger partial charge in [0.05, 0.1) is 10.8 Å². The first kappa shape index (κ1) is 18.7. The molecule has 0 saturated carbocycles. The molecule has 2 aromatic heterocycles. The van der Waals surface area contributed by atoms with E-state index in [2.05, 4.69) is 35.1 Å².